The molecule has 1 unspecified atom stereocenters. The highest BCUT2D eigenvalue weighted by molar-refractivity contribution is 9.10. The Balaban J connectivity index is 2.30. The average Bonchev–Trinajstić information content (AvgIpc) is 2.57. The van der Waals surface area contributed by atoms with E-state index in [9.17, 15) is 0 Å². The molecule has 0 aromatic heterocycles. The van der Waals surface area contributed by atoms with Crippen molar-refractivity contribution in [2.45, 2.75) is 19.3 Å². The van der Waals surface area contributed by atoms with Gasteiger partial charge in [-0.15, -0.1) is 0 Å². The van der Waals surface area contributed by atoms with Crippen molar-refractivity contribution in [1.29, 1.82) is 0 Å². The van der Waals surface area contributed by atoms with Gasteiger partial charge in [-0.3, -0.25) is 0 Å². The predicted molar refractivity (Wildman–Crippen MR) is 95.8 cm³/mol. The van der Waals surface area contributed by atoms with Crippen molar-refractivity contribution in [2.24, 2.45) is 0 Å². The number of allylic oxidation sites excluding steroid dienone is 1. The highest BCUT2D eigenvalue weighted by Gasteiger charge is 2.13. The van der Waals surface area contributed by atoms with E-state index in [4.69, 9.17) is 9.47 Å². The van der Waals surface area contributed by atoms with Gasteiger partial charge in [0.25, 0.3) is 0 Å². The van der Waals surface area contributed by atoms with E-state index >= 15 is 0 Å². The molecule has 3 heteroatoms. The summed E-state index contributed by atoms with van der Waals surface area (Å²) in [6.45, 7) is 2.18. The lowest BCUT2D eigenvalue weighted by atomic mass is 9.94. The van der Waals surface area contributed by atoms with Gasteiger partial charge in [-0.1, -0.05) is 59.3 Å². The number of ether oxygens (including phenoxy) is 2. The highest BCUT2D eigenvalue weighted by Crippen LogP contribution is 2.33. The molecule has 0 N–H and O–H groups in total. The van der Waals surface area contributed by atoms with Crippen molar-refractivity contribution in [3.8, 4) is 11.5 Å². The Morgan fingerprint density at radius 2 is 1.86 bits per heavy atom. The minimum atomic E-state index is 0.299. The van der Waals surface area contributed by atoms with Crippen LogP contribution in [0.1, 0.15) is 30.4 Å². The van der Waals surface area contributed by atoms with Crippen molar-refractivity contribution in [3.05, 3.63) is 64.1 Å². The van der Waals surface area contributed by atoms with Crippen LogP contribution in [0.25, 0.3) is 6.08 Å². The van der Waals surface area contributed by atoms with Gasteiger partial charge >= 0.3 is 0 Å². The molecule has 0 spiro atoms. The summed E-state index contributed by atoms with van der Waals surface area (Å²) in [6.07, 6.45) is 5.38. The molecule has 2 aromatic carbocycles. The number of methoxy groups -OCH3 is 2. The van der Waals surface area contributed by atoms with Gasteiger partial charge < -0.3 is 9.47 Å². The highest BCUT2D eigenvalue weighted by atomic mass is 79.9. The van der Waals surface area contributed by atoms with Gasteiger partial charge in [-0.25, -0.2) is 0 Å². The van der Waals surface area contributed by atoms with Crippen molar-refractivity contribution in [2.75, 3.05) is 14.2 Å². The molecule has 0 bridgehead atoms. The molecule has 0 aliphatic rings. The molecule has 0 radical (unpaired) electrons. The average molecular weight is 361 g/mol. The molecule has 0 amide bonds. The number of hydrogen-bond acceptors (Lipinski definition) is 2. The maximum absolute atomic E-state index is 5.52. The normalized spacial score (nSPS) is 12.4. The maximum atomic E-state index is 5.52. The molecular formula is C19H21BrO2. The summed E-state index contributed by atoms with van der Waals surface area (Å²) >= 11 is 3.58. The first-order chi connectivity index (χ1) is 10.7. The zero-order valence-electron chi connectivity index (χ0n) is 13.2. The zero-order valence-corrected chi connectivity index (χ0v) is 14.8. The van der Waals surface area contributed by atoms with Gasteiger partial charge in [0, 0.05) is 22.0 Å². The summed E-state index contributed by atoms with van der Waals surface area (Å²) in [6, 6.07) is 14.2. The number of halogens is 1. The third-order valence-electron chi connectivity index (χ3n) is 3.69. The Morgan fingerprint density at radius 1 is 1.09 bits per heavy atom. The van der Waals surface area contributed by atoms with E-state index in [1.54, 1.807) is 14.2 Å². The Bertz CT molecular complexity index is 650. The second-order valence-corrected chi connectivity index (χ2v) is 5.86. The third kappa shape index (κ3) is 3.92. The largest absolute Gasteiger partial charge is 0.497 e. The van der Waals surface area contributed by atoms with Crippen molar-refractivity contribution >= 4 is 22.0 Å². The van der Waals surface area contributed by atoms with E-state index < -0.39 is 0 Å². The summed E-state index contributed by atoms with van der Waals surface area (Å²) in [4.78, 5) is 0. The molecular weight excluding hydrogens is 340 g/mol. The fraction of sp³-hybridized carbons (Fsp3) is 0.263. The van der Waals surface area contributed by atoms with Crippen molar-refractivity contribution in [3.63, 3.8) is 0 Å². The Hall–Kier alpha value is -1.74. The van der Waals surface area contributed by atoms with Crippen LogP contribution in [0.2, 0.25) is 0 Å². The second kappa shape index (κ2) is 8.04. The fourth-order valence-corrected chi connectivity index (χ4v) is 2.83. The van der Waals surface area contributed by atoms with Crippen LogP contribution in [0.5, 0.6) is 11.5 Å². The lowest BCUT2D eigenvalue weighted by molar-refractivity contribution is 0.389. The van der Waals surface area contributed by atoms with Crippen LogP contribution in [0.3, 0.4) is 0 Å². The zero-order chi connectivity index (χ0) is 15.9. The Labute approximate surface area is 140 Å². The minimum absolute atomic E-state index is 0.299. The SMILES string of the molecule is CCC(/C=C/c1ccccc1Br)c1ccc(OC)cc1OC. The molecule has 0 aliphatic heterocycles. The smallest absolute Gasteiger partial charge is 0.126 e. The standard InChI is InChI=1S/C19H21BrO2/c1-4-14(9-10-15-7-5-6-8-18(15)20)17-12-11-16(21-2)13-19(17)22-3/h5-14H,4H2,1-3H3/b10-9+. The molecule has 2 rings (SSSR count). The Kier molecular flexibility index (Phi) is 6.08. The lowest BCUT2D eigenvalue weighted by Crippen LogP contribution is -1.98. The molecule has 0 heterocycles. The van der Waals surface area contributed by atoms with Gasteiger partial charge in [0.1, 0.15) is 11.5 Å². The van der Waals surface area contributed by atoms with Gasteiger partial charge in [-0.2, -0.15) is 0 Å². The summed E-state index contributed by atoms with van der Waals surface area (Å²) in [5.41, 5.74) is 2.35. The number of hydrogen-bond donors (Lipinski definition) is 0. The predicted octanol–water partition coefficient (Wildman–Crippen LogP) is 5.67. The van der Waals surface area contributed by atoms with Crippen molar-refractivity contribution in [1.82, 2.24) is 0 Å². The molecule has 116 valence electrons. The van der Waals surface area contributed by atoms with Gasteiger partial charge in [0.05, 0.1) is 14.2 Å². The molecule has 0 saturated carbocycles. The van der Waals surface area contributed by atoms with Crippen LogP contribution in [-0.2, 0) is 0 Å². The first-order valence-corrected chi connectivity index (χ1v) is 8.13. The second-order valence-electron chi connectivity index (χ2n) is 5.00. The first-order valence-electron chi connectivity index (χ1n) is 7.34. The third-order valence-corrected chi connectivity index (χ3v) is 4.42. The van der Waals surface area contributed by atoms with Gasteiger partial charge in [0.15, 0.2) is 0 Å². The Morgan fingerprint density at radius 3 is 2.50 bits per heavy atom. The molecule has 0 fully saturated rings. The van der Waals surface area contributed by atoms with E-state index in [0.717, 1.165) is 22.4 Å². The van der Waals surface area contributed by atoms with Crippen molar-refractivity contribution < 1.29 is 9.47 Å². The summed E-state index contributed by atoms with van der Waals surface area (Å²) in [5, 5.41) is 0. The molecule has 0 aliphatic carbocycles. The van der Waals surface area contributed by atoms with E-state index in [1.165, 1.54) is 11.1 Å². The van der Waals surface area contributed by atoms with Crippen LogP contribution < -0.4 is 9.47 Å². The minimum Gasteiger partial charge on any atom is -0.497 e. The molecule has 22 heavy (non-hydrogen) atoms. The summed E-state index contributed by atoms with van der Waals surface area (Å²) < 4.78 is 11.9. The number of rotatable bonds is 6. The van der Waals surface area contributed by atoms with Crippen LogP contribution in [0.4, 0.5) is 0 Å². The molecule has 2 nitrogen and oxygen atoms in total. The first kappa shape index (κ1) is 16.6. The van der Waals surface area contributed by atoms with E-state index in [2.05, 4.69) is 53.2 Å². The molecule has 1 atom stereocenters. The molecule has 0 saturated heterocycles. The van der Waals surface area contributed by atoms with Crippen LogP contribution >= 0.6 is 15.9 Å². The maximum Gasteiger partial charge on any atom is 0.126 e. The van der Waals surface area contributed by atoms with E-state index in [1.807, 2.05) is 24.3 Å². The summed E-state index contributed by atoms with van der Waals surface area (Å²) in [5.74, 6) is 1.97. The fourth-order valence-electron chi connectivity index (χ4n) is 2.41. The quantitative estimate of drug-likeness (QED) is 0.660. The van der Waals surface area contributed by atoms with E-state index in [-0.39, 0.29) is 0 Å². The van der Waals surface area contributed by atoms with Gasteiger partial charge in [-0.05, 0) is 24.1 Å². The topological polar surface area (TPSA) is 18.5 Å². The van der Waals surface area contributed by atoms with E-state index in [0.29, 0.717) is 5.92 Å². The lowest BCUT2D eigenvalue weighted by Gasteiger charge is -2.16. The van der Waals surface area contributed by atoms with Gasteiger partial charge in [0.2, 0.25) is 0 Å². The van der Waals surface area contributed by atoms with Crippen LogP contribution in [0.15, 0.2) is 53.0 Å². The monoisotopic (exact) mass is 360 g/mol. The van der Waals surface area contributed by atoms with Crippen LogP contribution in [0, 0.1) is 0 Å². The van der Waals surface area contributed by atoms with Crippen LogP contribution in [-0.4, -0.2) is 14.2 Å². The molecule has 2 aromatic rings. The number of benzene rings is 2. The summed E-state index contributed by atoms with van der Waals surface area (Å²) in [7, 11) is 3.36.